The van der Waals surface area contributed by atoms with Crippen LogP contribution in [0.25, 0.3) is 12.2 Å². The van der Waals surface area contributed by atoms with E-state index < -0.39 is 0 Å². The maximum Gasteiger partial charge on any atom is 0.261 e. The van der Waals surface area contributed by atoms with Gasteiger partial charge >= 0.3 is 0 Å². The number of imide groups is 1. The lowest BCUT2D eigenvalue weighted by Crippen LogP contribution is -2.30. The van der Waals surface area contributed by atoms with Crippen molar-refractivity contribution in [1.29, 1.82) is 0 Å². The molecule has 3 aromatic rings. The third-order valence-corrected chi connectivity index (χ3v) is 5.24. The first-order chi connectivity index (χ1) is 14.7. The van der Waals surface area contributed by atoms with E-state index in [-0.39, 0.29) is 11.8 Å². The molecule has 30 heavy (non-hydrogen) atoms. The van der Waals surface area contributed by atoms with Crippen molar-refractivity contribution in [2.45, 2.75) is 12.8 Å². The van der Waals surface area contributed by atoms with Crippen molar-refractivity contribution >= 4 is 24.0 Å². The van der Waals surface area contributed by atoms with Crippen molar-refractivity contribution in [3.05, 3.63) is 101 Å². The molecule has 1 heterocycles. The standard InChI is InChI=1S/C26H23NO3/c1-30-22-11-5-9-21(18-22)15-14-20-8-4-7-19(17-20)10-6-16-27-25(28)23-12-2-3-13-24(23)26(27)29/h2-5,7-9,11-15,17-18H,6,10,16H2,1H3/b15-14+. The van der Waals surface area contributed by atoms with Gasteiger partial charge in [-0.05, 0) is 53.8 Å². The largest absolute Gasteiger partial charge is 0.497 e. The first kappa shape index (κ1) is 19.6. The van der Waals surface area contributed by atoms with Crippen LogP contribution in [0.15, 0.2) is 72.8 Å². The number of carbonyl (C=O) groups is 2. The van der Waals surface area contributed by atoms with Gasteiger partial charge < -0.3 is 4.74 Å². The van der Waals surface area contributed by atoms with Crippen molar-refractivity contribution in [2.75, 3.05) is 13.7 Å². The molecule has 0 saturated heterocycles. The van der Waals surface area contributed by atoms with Crippen LogP contribution in [0.1, 0.15) is 43.8 Å². The van der Waals surface area contributed by atoms with Gasteiger partial charge in [0.25, 0.3) is 11.8 Å². The van der Waals surface area contributed by atoms with Gasteiger partial charge in [-0.2, -0.15) is 0 Å². The third-order valence-electron chi connectivity index (χ3n) is 5.24. The molecular weight excluding hydrogens is 374 g/mol. The Bertz CT molecular complexity index is 1080. The van der Waals surface area contributed by atoms with Gasteiger partial charge in [0, 0.05) is 6.54 Å². The van der Waals surface area contributed by atoms with E-state index in [0.717, 1.165) is 29.7 Å². The summed E-state index contributed by atoms with van der Waals surface area (Å²) in [6, 6.07) is 23.2. The van der Waals surface area contributed by atoms with Crippen LogP contribution >= 0.6 is 0 Å². The number of rotatable bonds is 7. The van der Waals surface area contributed by atoms with Gasteiger partial charge in [-0.1, -0.05) is 60.7 Å². The minimum atomic E-state index is -0.189. The molecule has 0 atom stereocenters. The Balaban J connectivity index is 1.37. The molecule has 0 unspecified atom stereocenters. The van der Waals surface area contributed by atoms with Crippen molar-refractivity contribution in [1.82, 2.24) is 4.90 Å². The Labute approximate surface area is 176 Å². The lowest BCUT2D eigenvalue weighted by Gasteiger charge is -2.13. The summed E-state index contributed by atoms with van der Waals surface area (Å²) < 4.78 is 5.26. The fourth-order valence-corrected chi connectivity index (χ4v) is 3.67. The lowest BCUT2D eigenvalue weighted by molar-refractivity contribution is 0.0652. The van der Waals surface area contributed by atoms with Crippen molar-refractivity contribution < 1.29 is 14.3 Å². The zero-order valence-electron chi connectivity index (χ0n) is 16.9. The molecule has 0 aromatic heterocycles. The third kappa shape index (κ3) is 4.18. The van der Waals surface area contributed by atoms with Gasteiger partial charge in [0.05, 0.1) is 18.2 Å². The van der Waals surface area contributed by atoms with Crippen LogP contribution in [0.4, 0.5) is 0 Å². The van der Waals surface area contributed by atoms with Crippen LogP contribution in [0.5, 0.6) is 5.75 Å². The summed E-state index contributed by atoms with van der Waals surface area (Å²) in [6.45, 7) is 0.427. The average molecular weight is 397 g/mol. The summed E-state index contributed by atoms with van der Waals surface area (Å²) in [5.74, 6) is 0.454. The monoisotopic (exact) mass is 397 g/mol. The maximum atomic E-state index is 12.5. The number of nitrogens with zero attached hydrogens (tertiary/aromatic N) is 1. The summed E-state index contributed by atoms with van der Waals surface area (Å²) in [5.41, 5.74) is 4.38. The molecule has 1 aliphatic rings. The Kier molecular flexibility index (Phi) is 5.75. The number of amides is 2. The topological polar surface area (TPSA) is 46.6 Å². The summed E-state index contributed by atoms with van der Waals surface area (Å²) in [5, 5.41) is 0. The van der Waals surface area contributed by atoms with Gasteiger partial charge in [-0.15, -0.1) is 0 Å². The molecule has 4 heteroatoms. The number of fused-ring (bicyclic) bond motifs is 1. The first-order valence-corrected chi connectivity index (χ1v) is 10.0. The predicted octanol–water partition coefficient (Wildman–Crippen LogP) is 5.09. The van der Waals surface area contributed by atoms with Crippen molar-refractivity contribution in [3.63, 3.8) is 0 Å². The predicted molar refractivity (Wildman–Crippen MR) is 118 cm³/mol. The Morgan fingerprint density at radius 1 is 0.800 bits per heavy atom. The molecule has 0 N–H and O–H groups in total. The normalized spacial score (nSPS) is 13.2. The van der Waals surface area contributed by atoms with E-state index in [1.54, 1.807) is 31.4 Å². The maximum absolute atomic E-state index is 12.5. The molecule has 3 aromatic carbocycles. The van der Waals surface area contributed by atoms with E-state index in [1.807, 2.05) is 30.3 Å². The Hall–Kier alpha value is -3.66. The molecule has 0 bridgehead atoms. The SMILES string of the molecule is COc1cccc(/C=C/c2cccc(CCCN3C(=O)c4ccccc4C3=O)c2)c1. The zero-order chi connectivity index (χ0) is 20.9. The Morgan fingerprint density at radius 2 is 1.43 bits per heavy atom. The van der Waals surface area contributed by atoms with Crippen LogP contribution in [0, 0.1) is 0 Å². The molecule has 4 nitrogen and oxygen atoms in total. The van der Waals surface area contributed by atoms with Gasteiger partial charge in [-0.3, -0.25) is 14.5 Å². The fourth-order valence-electron chi connectivity index (χ4n) is 3.67. The second-order valence-corrected chi connectivity index (χ2v) is 7.27. The van der Waals surface area contributed by atoms with Gasteiger partial charge in [0.1, 0.15) is 5.75 Å². The molecule has 0 spiro atoms. The summed E-state index contributed by atoms with van der Waals surface area (Å²) >= 11 is 0. The molecule has 0 radical (unpaired) electrons. The van der Waals surface area contributed by atoms with E-state index in [0.29, 0.717) is 17.7 Å². The molecule has 0 aliphatic carbocycles. The highest BCUT2D eigenvalue weighted by Gasteiger charge is 2.34. The van der Waals surface area contributed by atoms with Crippen LogP contribution in [0.2, 0.25) is 0 Å². The highest BCUT2D eigenvalue weighted by Crippen LogP contribution is 2.23. The highest BCUT2D eigenvalue weighted by atomic mass is 16.5. The summed E-state index contributed by atoms with van der Waals surface area (Å²) in [4.78, 5) is 26.3. The van der Waals surface area contributed by atoms with Crippen LogP contribution in [-0.4, -0.2) is 30.4 Å². The molecule has 0 fully saturated rings. The first-order valence-electron chi connectivity index (χ1n) is 10.0. The lowest BCUT2D eigenvalue weighted by atomic mass is 10.0. The second kappa shape index (κ2) is 8.78. The van der Waals surface area contributed by atoms with Gasteiger partial charge in [-0.25, -0.2) is 0 Å². The number of ether oxygens (including phenoxy) is 1. The van der Waals surface area contributed by atoms with Crippen LogP contribution < -0.4 is 4.74 Å². The summed E-state index contributed by atoms with van der Waals surface area (Å²) in [6.07, 6.45) is 5.66. The molecule has 2 amide bonds. The Morgan fingerprint density at radius 3 is 2.10 bits per heavy atom. The highest BCUT2D eigenvalue weighted by molar-refractivity contribution is 6.21. The quantitative estimate of drug-likeness (QED) is 0.412. The number of benzene rings is 3. The second-order valence-electron chi connectivity index (χ2n) is 7.27. The average Bonchev–Trinajstić information content (AvgIpc) is 3.03. The number of hydrogen-bond donors (Lipinski definition) is 0. The molecule has 1 aliphatic heterocycles. The fraction of sp³-hybridized carbons (Fsp3) is 0.154. The van der Waals surface area contributed by atoms with Crippen LogP contribution in [-0.2, 0) is 6.42 Å². The van der Waals surface area contributed by atoms with Crippen molar-refractivity contribution in [3.8, 4) is 5.75 Å². The summed E-state index contributed by atoms with van der Waals surface area (Å²) in [7, 11) is 1.66. The van der Waals surface area contributed by atoms with E-state index in [1.165, 1.54) is 10.5 Å². The van der Waals surface area contributed by atoms with Crippen molar-refractivity contribution in [2.24, 2.45) is 0 Å². The van der Waals surface area contributed by atoms with E-state index >= 15 is 0 Å². The van der Waals surface area contributed by atoms with E-state index in [2.05, 4.69) is 30.4 Å². The minimum Gasteiger partial charge on any atom is -0.497 e. The van der Waals surface area contributed by atoms with E-state index in [4.69, 9.17) is 4.74 Å². The van der Waals surface area contributed by atoms with Crippen LogP contribution in [0.3, 0.4) is 0 Å². The molecule has 0 saturated carbocycles. The van der Waals surface area contributed by atoms with Gasteiger partial charge in [0.15, 0.2) is 0 Å². The number of hydrogen-bond acceptors (Lipinski definition) is 3. The number of methoxy groups -OCH3 is 1. The molecular formula is C26H23NO3. The van der Waals surface area contributed by atoms with Gasteiger partial charge in [0.2, 0.25) is 0 Å². The van der Waals surface area contributed by atoms with E-state index in [9.17, 15) is 9.59 Å². The molecule has 4 rings (SSSR count). The minimum absolute atomic E-state index is 0.189. The zero-order valence-corrected chi connectivity index (χ0v) is 16.9. The smallest absolute Gasteiger partial charge is 0.261 e. The number of carbonyl (C=O) groups excluding carboxylic acids is 2. The number of aryl methyl sites for hydroxylation is 1. The molecule has 150 valence electrons.